The van der Waals surface area contributed by atoms with Gasteiger partial charge in [0.15, 0.2) is 0 Å². The molecule has 1 saturated carbocycles. The second-order valence-electron chi connectivity index (χ2n) is 3.95. The maximum absolute atomic E-state index is 5.65. The molecule has 0 heterocycles. The first-order chi connectivity index (χ1) is 5.35. The lowest BCUT2D eigenvalue weighted by Crippen LogP contribution is -2.37. The van der Waals surface area contributed by atoms with Crippen LogP contribution < -0.4 is 5.73 Å². The molecule has 0 bridgehead atoms. The third-order valence-electron chi connectivity index (χ3n) is 3.40. The Morgan fingerprint density at radius 1 is 1.64 bits per heavy atom. The molecule has 0 aromatic carbocycles. The first-order valence-electron chi connectivity index (χ1n) is 4.74. The minimum absolute atomic E-state index is 0.823. The number of nitrogens with two attached hydrogens (primary N) is 1. The Balaban J connectivity index is 2.00. The van der Waals surface area contributed by atoms with Crippen molar-refractivity contribution in [1.82, 2.24) is 0 Å². The van der Waals surface area contributed by atoms with Crippen LogP contribution in [0.1, 0.15) is 26.2 Å². The molecule has 3 unspecified atom stereocenters. The van der Waals surface area contributed by atoms with E-state index in [0.717, 1.165) is 24.3 Å². The second-order valence-corrected chi connectivity index (χ2v) is 3.95. The molecule has 0 aromatic heterocycles. The van der Waals surface area contributed by atoms with Crippen LogP contribution in [0.15, 0.2) is 11.6 Å². The monoisotopic (exact) mass is 151 g/mol. The zero-order chi connectivity index (χ0) is 7.84. The van der Waals surface area contributed by atoms with Crippen LogP contribution in [-0.4, -0.2) is 6.54 Å². The maximum Gasteiger partial charge on any atom is -0.00430 e. The van der Waals surface area contributed by atoms with Crippen molar-refractivity contribution in [2.24, 2.45) is 23.5 Å². The molecule has 2 aliphatic carbocycles. The van der Waals surface area contributed by atoms with E-state index in [1.807, 2.05) is 0 Å². The van der Waals surface area contributed by atoms with Crippen molar-refractivity contribution < 1.29 is 0 Å². The molecule has 0 radical (unpaired) electrons. The fourth-order valence-electron chi connectivity index (χ4n) is 2.58. The summed E-state index contributed by atoms with van der Waals surface area (Å²) in [4.78, 5) is 0. The molecule has 0 saturated heterocycles. The molecule has 2 rings (SSSR count). The smallest absolute Gasteiger partial charge is 0.00430 e. The Labute approximate surface area is 68.7 Å². The largest absolute Gasteiger partial charge is 0.330 e. The van der Waals surface area contributed by atoms with Gasteiger partial charge in [-0.3, -0.25) is 0 Å². The molecule has 0 amide bonds. The van der Waals surface area contributed by atoms with Gasteiger partial charge >= 0.3 is 0 Å². The summed E-state index contributed by atoms with van der Waals surface area (Å²) in [5.41, 5.74) is 7.32. The van der Waals surface area contributed by atoms with E-state index in [-0.39, 0.29) is 0 Å². The predicted octanol–water partition coefficient (Wildman–Crippen LogP) is 1.94. The van der Waals surface area contributed by atoms with Crippen LogP contribution in [0.5, 0.6) is 0 Å². The number of allylic oxidation sites excluding steroid dienone is 2. The zero-order valence-corrected chi connectivity index (χ0v) is 7.22. The van der Waals surface area contributed by atoms with E-state index in [0.29, 0.717) is 0 Å². The molecular weight excluding hydrogens is 134 g/mol. The van der Waals surface area contributed by atoms with Crippen molar-refractivity contribution in [3.63, 3.8) is 0 Å². The normalized spacial score (nSPS) is 41.3. The number of hydrogen-bond donors (Lipinski definition) is 1. The Hall–Kier alpha value is -0.300. The standard InChI is InChI=1S/C10H17N/c1-2-7-3-8-5-9(6-11)10(8)4-7/h4,8-10H,2-3,5-6,11H2,1H3. The summed E-state index contributed by atoms with van der Waals surface area (Å²) in [7, 11) is 0. The van der Waals surface area contributed by atoms with Gasteiger partial charge in [-0.2, -0.15) is 0 Å². The van der Waals surface area contributed by atoms with Crippen LogP contribution in [-0.2, 0) is 0 Å². The summed E-state index contributed by atoms with van der Waals surface area (Å²) in [5.74, 6) is 2.68. The second kappa shape index (κ2) is 2.63. The molecule has 2 N–H and O–H groups in total. The average molecular weight is 151 g/mol. The molecule has 0 aliphatic heterocycles. The van der Waals surface area contributed by atoms with E-state index in [1.54, 1.807) is 5.57 Å². The van der Waals surface area contributed by atoms with Crippen LogP contribution in [0, 0.1) is 17.8 Å². The molecule has 1 heteroatoms. The highest BCUT2D eigenvalue weighted by Gasteiger charge is 2.41. The van der Waals surface area contributed by atoms with Crippen molar-refractivity contribution in [1.29, 1.82) is 0 Å². The highest BCUT2D eigenvalue weighted by Crippen LogP contribution is 2.49. The maximum atomic E-state index is 5.65. The lowest BCUT2D eigenvalue weighted by Gasteiger charge is -2.39. The SMILES string of the molecule is CCC1=CC2C(CN)CC2C1. The van der Waals surface area contributed by atoms with E-state index in [1.165, 1.54) is 19.3 Å². The summed E-state index contributed by atoms with van der Waals surface area (Å²) in [5, 5.41) is 0. The first-order valence-corrected chi connectivity index (χ1v) is 4.74. The Kier molecular flexibility index (Phi) is 1.76. The van der Waals surface area contributed by atoms with Crippen LogP contribution in [0.2, 0.25) is 0 Å². The molecule has 62 valence electrons. The van der Waals surface area contributed by atoms with Crippen LogP contribution in [0.4, 0.5) is 0 Å². The van der Waals surface area contributed by atoms with E-state index >= 15 is 0 Å². The van der Waals surface area contributed by atoms with E-state index in [4.69, 9.17) is 5.73 Å². The number of rotatable bonds is 2. The van der Waals surface area contributed by atoms with Gasteiger partial charge in [0.25, 0.3) is 0 Å². The number of fused-ring (bicyclic) bond motifs is 1. The first kappa shape index (κ1) is 7.35. The van der Waals surface area contributed by atoms with Gasteiger partial charge in [-0.05, 0) is 43.6 Å². The van der Waals surface area contributed by atoms with Gasteiger partial charge in [-0.25, -0.2) is 0 Å². The topological polar surface area (TPSA) is 26.0 Å². The molecule has 1 nitrogen and oxygen atoms in total. The van der Waals surface area contributed by atoms with Gasteiger partial charge in [0.1, 0.15) is 0 Å². The minimum Gasteiger partial charge on any atom is -0.330 e. The van der Waals surface area contributed by atoms with E-state index < -0.39 is 0 Å². The lowest BCUT2D eigenvalue weighted by atomic mass is 9.66. The van der Waals surface area contributed by atoms with Crippen molar-refractivity contribution in [2.45, 2.75) is 26.2 Å². The van der Waals surface area contributed by atoms with Crippen molar-refractivity contribution >= 4 is 0 Å². The lowest BCUT2D eigenvalue weighted by molar-refractivity contribution is 0.137. The Morgan fingerprint density at radius 3 is 3.09 bits per heavy atom. The molecular formula is C10H17N. The Bertz CT molecular complexity index is 183. The highest BCUT2D eigenvalue weighted by atomic mass is 14.6. The fraction of sp³-hybridized carbons (Fsp3) is 0.800. The minimum atomic E-state index is 0.823. The van der Waals surface area contributed by atoms with Crippen molar-refractivity contribution in [2.75, 3.05) is 6.54 Å². The van der Waals surface area contributed by atoms with Gasteiger partial charge in [-0.15, -0.1) is 0 Å². The molecule has 2 aliphatic rings. The third-order valence-corrected chi connectivity index (χ3v) is 3.40. The van der Waals surface area contributed by atoms with Gasteiger partial charge < -0.3 is 5.73 Å². The fourth-order valence-corrected chi connectivity index (χ4v) is 2.58. The summed E-state index contributed by atoms with van der Waals surface area (Å²) in [6.07, 6.45) is 6.51. The molecule has 1 fully saturated rings. The quantitative estimate of drug-likeness (QED) is 0.600. The Morgan fingerprint density at radius 2 is 2.45 bits per heavy atom. The summed E-state index contributed by atoms with van der Waals surface area (Å²) < 4.78 is 0. The van der Waals surface area contributed by atoms with Crippen molar-refractivity contribution in [3.05, 3.63) is 11.6 Å². The van der Waals surface area contributed by atoms with E-state index in [2.05, 4.69) is 13.0 Å². The van der Waals surface area contributed by atoms with Gasteiger partial charge in [0.05, 0.1) is 0 Å². The molecule has 0 spiro atoms. The molecule has 0 aromatic rings. The van der Waals surface area contributed by atoms with Gasteiger partial charge in [0.2, 0.25) is 0 Å². The summed E-state index contributed by atoms with van der Waals surface area (Å²) in [6, 6.07) is 0. The predicted molar refractivity (Wildman–Crippen MR) is 47.1 cm³/mol. The molecule has 3 atom stereocenters. The van der Waals surface area contributed by atoms with Crippen LogP contribution in [0.3, 0.4) is 0 Å². The summed E-state index contributed by atoms with van der Waals surface area (Å²) >= 11 is 0. The van der Waals surface area contributed by atoms with Gasteiger partial charge in [0, 0.05) is 0 Å². The van der Waals surface area contributed by atoms with Crippen LogP contribution in [0.25, 0.3) is 0 Å². The highest BCUT2D eigenvalue weighted by molar-refractivity contribution is 5.19. The molecule has 11 heavy (non-hydrogen) atoms. The van der Waals surface area contributed by atoms with E-state index in [9.17, 15) is 0 Å². The van der Waals surface area contributed by atoms with Crippen molar-refractivity contribution in [3.8, 4) is 0 Å². The zero-order valence-electron chi connectivity index (χ0n) is 7.22. The summed E-state index contributed by atoms with van der Waals surface area (Å²) in [6.45, 7) is 3.16. The average Bonchev–Trinajstić information content (AvgIpc) is 2.31. The number of hydrogen-bond acceptors (Lipinski definition) is 1. The van der Waals surface area contributed by atoms with Gasteiger partial charge in [-0.1, -0.05) is 18.6 Å². The third kappa shape index (κ3) is 1.02. The van der Waals surface area contributed by atoms with Crippen LogP contribution >= 0.6 is 0 Å².